The van der Waals surface area contributed by atoms with Gasteiger partial charge in [-0.25, -0.2) is 0 Å². The first-order valence-corrected chi connectivity index (χ1v) is 4.54. The van der Waals surface area contributed by atoms with Crippen LogP contribution in [0.15, 0.2) is 18.3 Å². The Morgan fingerprint density at radius 2 is 2.54 bits per heavy atom. The maximum atomic E-state index is 5.40. The number of hydrogen-bond acceptors (Lipinski definition) is 2. The highest BCUT2D eigenvalue weighted by Crippen LogP contribution is 2.20. The summed E-state index contributed by atoms with van der Waals surface area (Å²) in [5, 5.41) is 3.32. The monoisotopic (exact) mass is 172 g/mol. The smallest absolute Gasteiger partial charge is 0.0635 e. The summed E-state index contributed by atoms with van der Waals surface area (Å²) in [5.74, 6) is 3.13. The number of fused-ring (bicyclic) bond motifs is 1. The molecule has 0 fully saturated rings. The molecule has 2 heterocycles. The lowest BCUT2D eigenvalue weighted by Gasteiger charge is -2.06. The molecule has 0 saturated carbocycles. The quantitative estimate of drug-likeness (QED) is 0.602. The molecule has 0 saturated heterocycles. The van der Waals surface area contributed by atoms with Crippen molar-refractivity contribution in [3.63, 3.8) is 0 Å². The molecule has 1 aliphatic rings. The molecule has 66 valence electrons. The molecule has 0 bridgehead atoms. The molecule has 0 aromatic carbocycles. The van der Waals surface area contributed by atoms with Gasteiger partial charge >= 0.3 is 0 Å². The minimum atomic E-state index is 0.342. The average molecular weight is 172 g/mol. The van der Waals surface area contributed by atoms with E-state index in [2.05, 4.69) is 22.3 Å². The van der Waals surface area contributed by atoms with Gasteiger partial charge in [0, 0.05) is 18.7 Å². The first-order valence-electron chi connectivity index (χ1n) is 4.54. The van der Waals surface area contributed by atoms with Gasteiger partial charge in [0.2, 0.25) is 0 Å². The first kappa shape index (κ1) is 8.12. The van der Waals surface area contributed by atoms with Crippen LogP contribution in [0.1, 0.15) is 12.1 Å². The lowest BCUT2D eigenvalue weighted by molar-refractivity contribution is 0.648. The predicted octanol–water partition coefficient (Wildman–Crippen LogP) is 1.69. The number of nitrogens with zero attached hydrogens (tertiary/aromatic N) is 1. The van der Waals surface area contributed by atoms with E-state index in [-0.39, 0.29) is 0 Å². The molecule has 0 spiro atoms. The van der Waals surface area contributed by atoms with Crippen LogP contribution >= 0.6 is 0 Å². The highest BCUT2D eigenvalue weighted by Gasteiger charge is 2.13. The highest BCUT2D eigenvalue weighted by atomic mass is 14.9. The van der Waals surface area contributed by atoms with Crippen LogP contribution in [0.3, 0.4) is 0 Å². The SMILES string of the molecule is C#CC1CCc2ncccc2NC1. The molecule has 1 aliphatic heterocycles. The van der Waals surface area contributed by atoms with Gasteiger partial charge in [-0.3, -0.25) is 4.98 Å². The minimum Gasteiger partial charge on any atom is -0.382 e. The van der Waals surface area contributed by atoms with Crippen molar-refractivity contribution in [3.8, 4) is 12.3 Å². The fourth-order valence-corrected chi connectivity index (χ4v) is 1.59. The normalized spacial score (nSPS) is 20.7. The van der Waals surface area contributed by atoms with Gasteiger partial charge in [0.05, 0.1) is 11.4 Å². The molecule has 1 aromatic heterocycles. The van der Waals surface area contributed by atoms with Crippen LogP contribution in [0.5, 0.6) is 0 Å². The number of hydrogen-bond donors (Lipinski definition) is 1. The van der Waals surface area contributed by atoms with Crippen LogP contribution in [-0.4, -0.2) is 11.5 Å². The van der Waals surface area contributed by atoms with Gasteiger partial charge < -0.3 is 5.32 Å². The molecule has 2 heteroatoms. The summed E-state index contributed by atoms with van der Waals surface area (Å²) in [6, 6.07) is 4.00. The van der Waals surface area contributed by atoms with E-state index in [1.807, 2.05) is 12.3 Å². The van der Waals surface area contributed by atoms with Gasteiger partial charge in [0.25, 0.3) is 0 Å². The van der Waals surface area contributed by atoms with E-state index in [0.717, 1.165) is 30.8 Å². The Labute approximate surface area is 78.4 Å². The maximum Gasteiger partial charge on any atom is 0.0635 e. The highest BCUT2D eigenvalue weighted by molar-refractivity contribution is 5.48. The van der Waals surface area contributed by atoms with Crippen molar-refractivity contribution < 1.29 is 0 Å². The summed E-state index contributed by atoms with van der Waals surface area (Å²) in [6.45, 7) is 0.870. The molecule has 1 aromatic rings. The molecule has 2 nitrogen and oxygen atoms in total. The Morgan fingerprint density at radius 3 is 3.38 bits per heavy atom. The number of nitrogens with one attached hydrogen (secondary N) is 1. The summed E-state index contributed by atoms with van der Waals surface area (Å²) in [4.78, 5) is 4.32. The van der Waals surface area contributed by atoms with E-state index >= 15 is 0 Å². The lowest BCUT2D eigenvalue weighted by atomic mass is 10.0. The zero-order chi connectivity index (χ0) is 9.10. The fraction of sp³-hybridized carbons (Fsp3) is 0.364. The summed E-state index contributed by atoms with van der Waals surface area (Å²) < 4.78 is 0. The van der Waals surface area contributed by atoms with Gasteiger partial charge in [-0.1, -0.05) is 0 Å². The molecule has 0 aliphatic carbocycles. The van der Waals surface area contributed by atoms with Gasteiger partial charge in [-0.15, -0.1) is 12.3 Å². The largest absolute Gasteiger partial charge is 0.382 e. The second kappa shape index (κ2) is 3.49. The van der Waals surface area contributed by atoms with E-state index in [1.165, 1.54) is 0 Å². The second-order valence-electron chi connectivity index (χ2n) is 3.28. The standard InChI is InChI=1S/C11H12N2/c1-2-9-5-6-11-10(13-8-9)4-3-7-12-11/h1,3-4,7,9,13H,5-6,8H2. The van der Waals surface area contributed by atoms with Crippen molar-refractivity contribution in [3.05, 3.63) is 24.0 Å². The van der Waals surface area contributed by atoms with Gasteiger partial charge in [-0.2, -0.15) is 0 Å². The van der Waals surface area contributed by atoms with Crippen LogP contribution in [0.4, 0.5) is 5.69 Å². The van der Waals surface area contributed by atoms with Crippen molar-refractivity contribution in [2.45, 2.75) is 12.8 Å². The van der Waals surface area contributed by atoms with Crippen molar-refractivity contribution in [1.29, 1.82) is 0 Å². The summed E-state index contributed by atoms with van der Waals surface area (Å²) in [6.07, 6.45) is 9.25. The van der Waals surface area contributed by atoms with E-state index in [9.17, 15) is 0 Å². The Kier molecular flexibility index (Phi) is 2.18. The molecule has 0 amide bonds. The summed E-state index contributed by atoms with van der Waals surface area (Å²) >= 11 is 0. The van der Waals surface area contributed by atoms with Gasteiger partial charge in [-0.05, 0) is 25.0 Å². The number of aryl methyl sites for hydroxylation is 1. The Balaban J connectivity index is 2.22. The lowest BCUT2D eigenvalue weighted by Crippen LogP contribution is -2.09. The fourth-order valence-electron chi connectivity index (χ4n) is 1.59. The first-order chi connectivity index (χ1) is 6.40. The molecule has 13 heavy (non-hydrogen) atoms. The van der Waals surface area contributed by atoms with Crippen LogP contribution in [0.2, 0.25) is 0 Å². The number of terminal acetylenes is 1. The zero-order valence-electron chi connectivity index (χ0n) is 7.46. The second-order valence-corrected chi connectivity index (χ2v) is 3.28. The number of rotatable bonds is 0. The number of pyridine rings is 1. The van der Waals surface area contributed by atoms with Crippen LogP contribution in [0.25, 0.3) is 0 Å². The Hall–Kier alpha value is -1.49. The molecule has 1 N–H and O–H groups in total. The molecule has 1 unspecified atom stereocenters. The maximum absolute atomic E-state index is 5.40. The third-order valence-corrected chi connectivity index (χ3v) is 2.39. The Morgan fingerprint density at radius 1 is 1.62 bits per heavy atom. The van der Waals surface area contributed by atoms with Crippen molar-refractivity contribution >= 4 is 5.69 Å². The van der Waals surface area contributed by atoms with Gasteiger partial charge in [0.1, 0.15) is 0 Å². The van der Waals surface area contributed by atoms with Crippen LogP contribution < -0.4 is 5.32 Å². The predicted molar refractivity (Wildman–Crippen MR) is 53.4 cm³/mol. The van der Waals surface area contributed by atoms with Gasteiger partial charge in [0.15, 0.2) is 0 Å². The average Bonchev–Trinajstić information content (AvgIpc) is 2.39. The van der Waals surface area contributed by atoms with Crippen LogP contribution in [-0.2, 0) is 6.42 Å². The number of anilines is 1. The molecular weight excluding hydrogens is 160 g/mol. The molecular formula is C11H12N2. The van der Waals surface area contributed by atoms with E-state index in [0.29, 0.717) is 5.92 Å². The molecule has 2 rings (SSSR count). The van der Waals surface area contributed by atoms with Crippen LogP contribution in [0, 0.1) is 18.3 Å². The number of aromatic nitrogens is 1. The topological polar surface area (TPSA) is 24.9 Å². The van der Waals surface area contributed by atoms with E-state index < -0.39 is 0 Å². The third-order valence-electron chi connectivity index (χ3n) is 2.39. The zero-order valence-corrected chi connectivity index (χ0v) is 7.46. The molecule has 0 radical (unpaired) electrons. The molecule has 1 atom stereocenters. The minimum absolute atomic E-state index is 0.342. The summed E-state index contributed by atoms with van der Waals surface area (Å²) in [7, 11) is 0. The Bertz CT molecular complexity index is 311. The summed E-state index contributed by atoms with van der Waals surface area (Å²) in [5.41, 5.74) is 2.28. The van der Waals surface area contributed by atoms with E-state index in [4.69, 9.17) is 6.42 Å². The third kappa shape index (κ3) is 1.65. The van der Waals surface area contributed by atoms with Crippen molar-refractivity contribution in [1.82, 2.24) is 4.98 Å². The van der Waals surface area contributed by atoms with Crippen molar-refractivity contribution in [2.75, 3.05) is 11.9 Å². The van der Waals surface area contributed by atoms with E-state index in [1.54, 1.807) is 0 Å². The van der Waals surface area contributed by atoms with Crippen molar-refractivity contribution in [2.24, 2.45) is 5.92 Å².